The van der Waals surface area contributed by atoms with Gasteiger partial charge in [0.05, 0.1) is 6.54 Å². The van der Waals surface area contributed by atoms with Gasteiger partial charge in [0.2, 0.25) is 5.91 Å². The number of hydrogen-bond acceptors (Lipinski definition) is 2. The number of aryl methyl sites for hydroxylation is 2. The van der Waals surface area contributed by atoms with E-state index in [2.05, 4.69) is 16.7 Å². The summed E-state index contributed by atoms with van der Waals surface area (Å²) in [6, 6.07) is 16.1. The summed E-state index contributed by atoms with van der Waals surface area (Å²) in [5.41, 5.74) is 4.49. The minimum atomic E-state index is -0.00733. The van der Waals surface area contributed by atoms with Crippen LogP contribution in [0.3, 0.4) is 0 Å². The fourth-order valence-electron chi connectivity index (χ4n) is 1.94. The van der Waals surface area contributed by atoms with Crippen molar-refractivity contribution in [3.63, 3.8) is 0 Å². The van der Waals surface area contributed by atoms with Crippen LogP contribution in [0.1, 0.15) is 16.7 Å². The van der Waals surface area contributed by atoms with E-state index in [1.54, 1.807) is 0 Å². The zero-order chi connectivity index (χ0) is 14.4. The molecule has 0 radical (unpaired) electrons. The summed E-state index contributed by atoms with van der Waals surface area (Å²) in [5, 5.41) is 6.01. The first-order valence-electron chi connectivity index (χ1n) is 6.76. The molecule has 0 aliphatic carbocycles. The van der Waals surface area contributed by atoms with E-state index in [1.807, 2.05) is 56.3 Å². The van der Waals surface area contributed by atoms with Gasteiger partial charge in [-0.3, -0.25) is 4.79 Å². The van der Waals surface area contributed by atoms with Crippen molar-refractivity contribution in [2.24, 2.45) is 0 Å². The first-order valence-corrected chi connectivity index (χ1v) is 6.76. The largest absolute Gasteiger partial charge is 0.376 e. The lowest BCUT2D eigenvalue weighted by molar-refractivity contribution is -0.119. The van der Waals surface area contributed by atoms with Gasteiger partial charge in [-0.05, 0) is 31.5 Å². The molecular weight excluding hydrogens is 248 g/mol. The van der Waals surface area contributed by atoms with Gasteiger partial charge < -0.3 is 10.6 Å². The Morgan fingerprint density at radius 1 is 1.00 bits per heavy atom. The minimum Gasteiger partial charge on any atom is -0.376 e. The van der Waals surface area contributed by atoms with Crippen molar-refractivity contribution in [3.05, 3.63) is 65.2 Å². The van der Waals surface area contributed by atoms with E-state index in [-0.39, 0.29) is 12.5 Å². The Hall–Kier alpha value is -2.29. The second kappa shape index (κ2) is 6.75. The lowest BCUT2D eigenvalue weighted by atomic mass is 10.1. The number of amides is 1. The summed E-state index contributed by atoms with van der Waals surface area (Å²) in [6.45, 7) is 4.94. The Morgan fingerprint density at radius 2 is 1.75 bits per heavy atom. The highest BCUT2D eigenvalue weighted by molar-refractivity contribution is 5.80. The highest BCUT2D eigenvalue weighted by Crippen LogP contribution is 2.08. The quantitative estimate of drug-likeness (QED) is 0.875. The minimum absolute atomic E-state index is 0.00733. The maximum absolute atomic E-state index is 11.8. The Kier molecular flexibility index (Phi) is 4.77. The summed E-state index contributed by atoms with van der Waals surface area (Å²) < 4.78 is 0. The van der Waals surface area contributed by atoms with E-state index in [0.717, 1.165) is 11.3 Å². The second-order valence-electron chi connectivity index (χ2n) is 4.99. The van der Waals surface area contributed by atoms with Crippen LogP contribution in [-0.2, 0) is 11.3 Å². The molecule has 3 heteroatoms. The molecule has 2 N–H and O–H groups in total. The highest BCUT2D eigenvalue weighted by atomic mass is 16.1. The maximum Gasteiger partial charge on any atom is 0.239 e. The Labute approximate surface area is 120 Å². The molecule has 2 aromatic carbocycles. The van der Waals surface area contributed by atoms with Gasteiger partial charge in [-0.15, -0.1) is 0 Å². The van der Waals surface area contributed by atoms with Crippen LogP contribution >= 0.6 is 0 Å². The monoisotopic (exact) mass is 268 g/mol. The molecule has 3 nitrogen and oxygen atoms in total. The molecule has 0 saturated carbocycles. The summed E-state index contributed by atoms with van der Waals surface area (Å²) in [5.74, 6) is -0.00733. The van der Waals surface area contributed by atoms with Crippen LogP contribution < -0.4 is 10.6 Å². The van der Waals surface area contributed by atoms with E-state index < -0.39 is 0 Å². The average Bonchev–Trinajstić information content (AvgIpc) is 2.45. The molecule has 0 aliphatic heterocycles. The fraction of sp³-hybridized carbons (Fsp3) is 0.235. The van der Waals surface area contributed by atoms with E-state index >= 15 is 0 Å². The van der Waals surface area contributed by atoms with Crippen LogP contribution in [0.15, 0.2) is 48.5 Å². The first kappa shape index (κ1) is 14.1. The van der Waals surface area contributed by atoms with Gasteiger partial charge >= 0.3 is 0 Å². The van der Waals surface area contributed by atoms with E-state index in [0.29, 0.717) is 6.54 Å². The molecule has 0 aliphatic rings. The predicted octanol–water partition coefficient (Wildman–Crippen LogP) is 3.03. The van der Waals surface area contributed by atoms with E-state index in [1.165, 1.54) is 11.1 Å². The average molecular weight is 268 g/mol. The number of hydrogen-bond donors (Lipinski definition) is 2. The van der Waals surface area contributed by atoms with Gasteiger partial charge in [-0.25, -0.2) is 0 Å². The summed E-state index contributed by atoms with van der Waals surface area (Å²) in [7, 11) is 0. The van der Waals surface area contributed by atoms with Crippen molar-refractivity contribution in [3.8, 4) is 0 Å². The zero-order valence-electron chi connectivity index (χ0n) is 11.9. The zero-order valence-corrected chi connectivity index (χ0v) is 11.9. The number of rotatable bonds is 5. The van der Waals surface area contributed by atoms with Crippen LogP contribution in [0.4, 0.5) is 5.69 Å². The van der Waals surface area contributed by atoms with Crippen molar-refractivity contribution in [1.29, 1.82) is 0 Å². The van der Waals surface area contributed by atoms with Gasteiger partial charge in [0.25, 0.3) is 0 Å². The summed E-state index contributed by atoms with van der Waals surface area (Å²) >= 11 is 0. The smallest absolute Gasteiger partial charge is 0.239 e. The Balaban J connectivity index is 1.77. The molecule has 0 heterocycles. The van der Waals surface area contributed by atoms with Crippen molar-refractivity contribution in [2.75, 3.05) is 11.9 Å². The molecule has 1 amide bonds. The van der Waals surface area contributed by atoms with Crippen LogP contribution in [-0.4, -0.2) is 12.5 Å². The molecule has 2 rings (SSSR count). The molecule has 0 unspecified atom stereocenters. The molecule has 0 atom stereocenters. The molecule has 0 bridgehead atoms. The fourth-order valence-corrected chi connectivity index (χ4v) is 1.94. The van der Waals surface area contributed by atoms with Gasteiger partial charge in [-0.2, -0.15) is 0 Å². The molecule has 104 valence electrons. The van der Waals surface area contributed by atoms with Crippen LogP contribution in [0.25, 0.3) is 0 Å². The summed E-state index contributed by atoms with van der Waals surface area (Å²) in [6.07, 6.45) is 0. The van der Waals surface area contributed by atoms with E-state index in [4.69, 9.17) is 0 Å². The topological polar surface area (TPSA) is 41.1 Å². The van der Waals surface area contributed by atoms with Gasteiger partial charge in [-0.1, -0.05) is 47.5 Å². The first-order chi connectivity index (χ1) is 9.63. The third-order valence-corrected chi connectivity index (χ3v) is 3.08. The van der Waals surface area contributed by atoms with Gasteiger partial charge in [0, 0.05) is 12.2 Å². The van der Waals surface area contributed by atoms with Crippen molar-refractivity contribution < 1.29 is 4.79 Å². The number of carbonyl (C=O) groups excluding carboxylic acids is 1. The molecule has 0 aromatic heterocycles. The molecule has 20 heavy (non-hydrogen) atoms. The summed E-state index contributed by atoms with van der Waals surface area (Å²) in [4.78, 5) is 11.8. The Bertz CT molecular complexity index is 576. The number of benzene rings is 2. The predicted molar refractivity (Wildman–Crippen MR) is 82.7 cm³/mol. The molecular formula is C17H20N2O. The molecule has 2 aromatic rings. The molecule has 0 spiro atoms. The van der Waals surface area contributed by atoms with Crippen molar-refractivity contribution >= 4 is 11.6 Å². The van der Waals surface area contributed by atoms with Crippen LogP contribution in [0, 0.1) is 13.8 Å². The maximum atomic E-state index is 11.8. The van der Waals surface area contributed by atoms with Crippen molar-refractivity contribution in [2.45, 2.75) is 20.4 Å². The third-order valence-electron chi connectivity index (χ3n) is 3.08. The molecule has 0 fully saturated rings. The number of carbonyl (C=O) groups is 1. The standard InChI is InChI=1S/C17H20N2O/c1-13-6-8-16(9-7-13)18-12-17(20)19-11-15-5-3-4-14(2)10-15/h3-10,18H,11-12H2,1-2H3,(H,19,20). The number of anilines is 1. The SMILES string of the molecule is Cc1ccc(NCC(=O)NCc2cccc(C)c2)cc1. The lowest BCUT2D eigenvalue weighted by Crippen LogP contribution is -2.29. The van der Waals surface area contributed by atoms with Gasteiger partial charge in [0.1, 0.15) is 0 Å². The van der Waals surface area contributed by atoms with Crippen LogP contribution in [0.5, 0.6) is 0 Å². The Morgan fingerprint density at radius 3 is 2.45 bits per heavy atom. The van der Waals surface area contributed by atoms with Crippen molar-refractivity contribution in [1.82, 2.24) is 5.32 Å². The third kappa shape index (κ3) is 4.43. The van der Waals surface area contributed by atoms with E-state index in [9.17, 15) is 4.79 Å². The van der Waals surface area contributed by atoms with Gasteiger partial charge in [0.15, 0.2) is 0 Å². The lowest BCUT2D eigenvalue weighted by Gasteiger charge is -2.08. The highest BCUT2D eigenvalue weighted by Gasteiger charge is 2.01. The molecule has 0 saturated heterocycles. The number of nitrogens with one attached hydrogen (secondary N) is 2. The normalized spacial score (nSPS) is 10.1. The van der Waals surface area contributed by atoms with Crippen LogP contribution in [0.2, 0.25) is 0 Å². The second-order valence-corrected chi connectivity index (χ2v) is 4.99.